The SMILES string of the molecule is CC1CCCN(c2cccc(F)c2[N+](=O)[O-])C1CN. The average Bonchev–Trinajstić information content (AvgIpc) is 2.37. The number of nitro groups is 1. The number of hydrogen-bond donors (Lipinski definition) is 1. The van der Waals surface area contributed by atoms with Crippen LogP contribution >= 0.6 is 0 Å². The monoisotopic (exact) mass is 267 g/mol. The lowest BCUT2D eigenvalue weighted by molar-refractivity contribution is -0.386. The molecule has 6 heteroatoms. The van der Waals surface area contributed by atoms with Gasteiger partial charge in [-0.05, 0) is 30.9 Å². The molecule has 1 aromatic rings. The molecule has 0 aromatic heterocycles. The molecule has 1 fully saturated rings. The van der Waals surface area contributed by atoms with Crippen LogP contribution in [-0.4, -0.2) is 24.1 Å². The summed E-state index contributed by atoms with van der Waals surface area (Å²) in [7, 11) is 0. The fraction of sp³-hybridized carbons (Fsp3) is 0.538. The Kier molecular flexibility index (Phi) is 3.99. The molecule has 19 heavy (non-hydrogen) atoms. The van der Waals surface area contributed by atoms with Gasteiger partial charge in [-0.15, -0.1) is 0 Å². The van der Waals surface area contributed by atoms with Crippen molar-refractivity contribution < 1.29 is 9.31 Å². The maximum atomic E-state index is 13.7. The molecule has 0 spiro atoms. The number of nitrogens with two attached hydrogens (primary N) is 1. The van der Waals surface area contributed by atoms with Crippen molar-refractivity contribution in [3.05, 3.63) is 34.1 Å². The number of para-hydroxylation sites is 1. The highest BCUT2D eigenvalue weighted by molar-refractivity contribution is 5.64. The number of piperidine rings is 1. The smallest absolute Gasteiger partial charge is 0.327 e. The van der Waals surface area contributed by atoms with Crippen LogP contribution in [0.15, 0.2) is 18.2 Å². The van der Waals surface area contributed by atoms with E-state index in [0.717, 1.165) is 18.9 Å². The Labute approximate surface area is 111 Å². The van der Waals surface area contributed by atoms with Gasteiger partial charge in [0.1, 0.15) is 5.69 Å². The molecule has 0 radical (unpaired) electrons. The largest absolute Gasteiger partial charge is 0.361 e. The predicted molar refractivity (Wildman–Crippen MR) is 71.6 cm³/mol. The van der Waals surface area contributed by atoms with Gasteiger partial charge in [0.05, 0.1) is 4.92 Å². The molecule has 1 saturated heterocycles. The van der Waals surface area contributed by atoms with Crippen LogP contribution in [0.3, 0.4) is 0 Å². The van der Waals surface area contributed by atoms with Crippen molar-refractivity contribution >= 4 is 11.4 Å². The topological polar surface area (TPSA) is 72.4 Å². The first kappa shape index (κ1) is 13.7. The van der Waals surface area contributed by atoms with Crippen LogP contribution in [0.25, 0.3) is 0 Å². The van der Waals surface area contributed by atoms with Crippen LogP contribution in [0.2, 0.25) is 0 Å². The molecule has 2 N–H and O–H groups in total. The van der Waals surface area contributed by atoms with Crippen LogP contribution in [0.5, 0.6) is 0 Å². The van der Waals surface area contributed by atoms with Gasteiger partial charge < -0.3 is 10.6 Å². The zero-order valence-corrected chi connectivity index (χ0v) is 10.9. The van der Waals surface area contributed by atoms with Crippen molar-refractivity contribution in [2.75, 3.05) is 18.0 Å². The summed E-state index contributed by atoms with van der Waals surface area (Å²) < 4.78 is 13.7. The number of anilines is 1. The Bertz CT molecular complexity index is 481. The summed E-state index contributed by atoms with van der Waals surface area (Å²) in [6.07, 6.45) is 1.98. The summed E-state index contributed by atoms with van der Waals surface area (Å²) in [4.78, 5) is 12.3. The maximum Gasteiger partial charge on any atom is 0.327 e. The number of halogens is 1. The summed E-state index contributed by atoms with van der Waals surface area (Å²) in [6.45, 7) is 3.17. The van der Waals surface area contributed by atoms with Gasteiger partial charge in [0.25, 0.3) is 0 Å². The van der Waals surface area contributed by atoms with Gasteiger partial charge in [0.15, 0.2) is 0 Å². The minimum Gasteiger partial charge on any atom is -0.361 e. The van der Waals surface area contributed by atoms with E-state index in [-0.39, 0.29) is 6.04 Å². The molecular weight excluding hydrogens is 249 g/mol. The van der Waals surface area contributed by atoms with Gasteiger partial charge in [-0.25, -0.2) is 0 Å². The Morgan fingerprint density at radius 2 is 2.32 bits per heavy atom. The Morgan fingerprint density at radius 1 is 1.58 bits per heavy atom. The van der Waals surface area contributed by atoms with Gasteiger partial charge in [-0.3, -0.25) is 10.1 Å². The number of nitrogens with zero attached hydrogens (tertiary/aromatic N) is 2. The number of benzene rings is 1. The summed E-state index contributed by atoms with van der Waals surface area (Å²) in [5.41, 5.74) is 5.67. The number of nitro benzene ring substituents is 1. The number of rotatable bonds is 3. The second-order valence-electron chi connectivity index (χ2n) is 4.98. The highest BCUT2D eigenvalue weighted by atomic mass is 19.1. The van der Waals surface area contributed by atoms with Crippen LogP contribution < -0.4 is 10.6 Å². The van der Waals surface area contributed by atoms with E-state index in [0.29, 0.717) is 24.7 Å². The molecule has 5 nitrogen and oxygen atoms in total. The Morgan fingerprint density at radius 3 is 2.95 bits per heavy atom. The van der Waals surface area contributed by atoms with E-state index in [1.54, 1.807) is 6.07 Å². The zero-order chi connectivity index (χ0) is 14.0. The van der Waals surface area contributed by atoms with Crippen LogP contribution in [0.4, 0.5) is 15.8 Å². The molecule has 0 aliphatic carbocycles. The third-order valence-corrected chi connectivity index (χ3v) is 3.81. The van der Waals surface area contributed by atoms with Crippen LogP contribution in [0, 0.1) is 21.8 Å². The van der Waals surface area contributed by atoms with Crippen molar-refractivity contribution in [2.45, 2.75) is 25.8 Å². The number of hydrogen-bond acceptors (Lipinski definition) is 4. The van der Waals surface area contributed by atoms with Gasteiger partial charge in [-0.1, -0.05) is 13.0 Å². The molecule has 0 amide bonds. The fourth-order valence-corrected chi connectivity index (χ4v) is 2.82. The molecule has 0 bridgehead atoms. The molecule has 2 rings (SSSR count). The van der Waals surface area contributed by atoms with E-state index in [1.165, 1.54) is 6.07 Å². The maximum absolute atomic E-state index is 13.7. The van der Waals surface area contributed by atoms with E-state index in [9.17, 15) is 14.5 Å². The highest BCUT2D eigenvalue weighted by Gasteiger charge is 2.32. The summed E-state index contributed by atoms with van der Waals surface area (Å²) in [5.74, 6) is -0.446. The minimum absolute atomic E-state index is 0.0225. The highest BCUT2D eigenvalue weighted by Crippen LogP contribution is 2.35. The van der Waals surface area contributed by atoms with Crippen molar-refractivity contribution in [3.63, 3.8) is 0 Å². The molecule has 2 unspecified atom stereocenters. The standard InChI is InChI=1S/C13H18FN3O2/c1-9-4-3-7-16(12(9)8-15)11-6-2-5-10(14)13(11)17(18)19/h2,5-6,9,12H,3-4,7-8,15H2,1H3. The zero-order valence-electron chi connectivity index (χ0n) is 10.9. The fourth-order valence-electron chi connectivity index (χ4n) is 2.82. The first-order valence-corrected chi connectivity index (χ1v) is 6.46. The lowest BCUT2D eigenvalue weighted by Crippen LogP contribution is -2.49. The molecule has 1 aliphatic rings. The van der Waals surface area contributed by atoms with Gasteiger partial charge in [-0.2, -0.15) is 4.39 Å². The second kappa shape index (κ2) is 5.52. The van der Waals surface area contributed by atoms with Crippen molar-refractivity contribution in [3.8, 4) is 0 Å². The molecule has 2 atom stereocenters. The summed E-state index contributed by atoms with van der Waals surface area (Å²) in [5, 5.41) is 11.1. The molecule has 1 aromatic carbocycles. The van der Waals surface area contributed by atoms with Crippen LogP contribution in [0.1, 0.15) is 19.8 Å². The molecular formula is C13H18FN3O2. The Hall–Kier alpha value is -1.69. The molecule has 104 valence electrons. The second-order valence-corrected chi connectivity index (χ2v) is 4.98. The molecule has 1 aliphatic heterocycles. The van der Waals surface area contributed by atoms with E-state index in [2.05, 4.69) is 6.92 Å². The van der Waals surface area contributed by atoms with Crippen LogP contribution in [-0.2, 0) is 0 Å². The predicted octanol–water partition coefficient (Wildman–Crippen LogP) is 2.30. The van der Waals surface area contributed by atoms with Gasteiger partial charge in [0, 0.05) is 19.1 Å². The van der Waals surface area contributed by atoms with Crippen molar-refractivity contribution in [1.82, 2.24) is 0 Å². The normalized spacial score (nSPS) is 23.4. The quantitative estimate of drug-likeness (QED) is 0.673. The third-order valence-electron chi connectivity index (χ3n) is 3.81. The van der Waals surface area contributed by atoms with E-state index < -0.39 is 16.4 Å². The van der Waals surface area contributed by atoms with Gasteiger partial charge >= 0.3 is 5.69 Å². The van der Waals surface area contributed by atoms with E-state index >= 15 is 0 Å². The minimum atomic E-state index is -0.795. The molecule has 0 saturated carbocycles. The first-order chi connectivity index (χ1) is 9.06. The lowest BCUT2D eigenvalue weighted by Gasteiger charge is -2.40. The summed E-state index contributed by atoms with van der Waals surface area (Å²) >= 11 is 0. The molecule has 1 heterocycles. The van der Waals surface area contributed by atoms with Crippen molar-refractivity contribution in [2.24, 2.45) is 11.7 Å². The third kappa shape index (κ3) is 2.53. The van der Waals surface area contributed by atoms with E-state index in [1.807, 2.05) is 4.90 Å². The van der Waals surface area contributed by atoms with Gasteiger partial charge in [0.2, 0.25) is 5.82 Å². The first-order valence-electron chi connectivity index (χ1n) is 6.46. The van der Waals surface area contributed by atoms with E-state index in [4.69, 9.17) is 5.73 Å². The lowest BCUT2D eigenvalue weighted by atomic mass is 9.90. The Balaban J connectivity index is 2.45. The average molecular weight is 267 g/mol. The summed E-state index contributed by atoms with van der Waals surface area (Å²) in [6, 6.07) is 4.24. The van der Waals surface area contributed by atoms with Crippen molar-refractivity contribution in [1.29, 1.82) is 0 Å².